The monoisotopic (exact) mass is 217 g/mol. The average molecular weight is 217 g/mol. The largest absolute Gasteiger partial charge is 0.395 e. The molecule has 0 aliphatic rings. The van der Waals surface area contributed by atoms with Crippen molar-refractivity contribution in [3.63, 3.8) is 0 Å². The van der Waals surface area contributed by atoms with Crippen LogP contribution in [0.5, 0.6) is 0 Å². The van der Waals surface area contributed by atoms with Crippen molar-refractivity contribution in [1.29, 1.82) is 0 Å². The highest BCUT2D eigenvalue weighted by Crippen LogP contribution is 1.95. The van der Waals surface area contributed by atoms with E-state index < -0.39 is 0 Å². The number of amides is 1. The van der Waals surface area contributed by atoms with Crippen LogP contribution >= 0.6 is 0 Å². The minimum atomic E-state index is -0.0286. The van der Waals surface area contributed by atoms with Gasteiger partial charge in [0.25, 0.3) is 0 Å². The lowest BCUT2D eigenvalue weighted by Crippen LogP contribution is -2.35. The second-order valence-corrected chi connectivity index (χ2v) is 3.46. The maximum absolute atomic E-state index is 11.1. The number of aliphatic hydroxyl groups is 1. The maximum Gasteiger partial charge on any atom is 0.221 e. The molecule has 0 heterocycles. The zero-order valence-corrected chi connectivity index (χ0v) is 9.46. The Morgan fingerprint density at radius 2 is 2.20 bits per heavy atom. The summed E-state index contributed by atoms with van der Waals surface area (Å²) in [6, 6.07) is 0.403. The molecule has 15 heavy (non-hydrogen) atoms. The quantitative estimate of drug-likeness (QED) is 0.407. The molecule has 5 nitrogen and oxygen atoms in total. The Morgan fingerprint density at radius 1 is 1.47 bits per heavy atom. The van der Waals surface area contributed by atoms with E-state index in [9.17, 15) is 4.79 Å². The van der Waals surface area contributed by atoms with Gasteiger partial charge in [0, 0.05) is 25.6 Å². The van der Waals surface area contributed by atoms with Crippen LogP contribution in [0, 0.1) is 0 Å². The van der Waals surface area contributed by atoms with Gasteiger partial charge in [-0.15, -0.1) is 0 Å². The Balaban J connectivity index is 3.45. The van der Waals surface area contributed by atoms with E-state index in [0.29, 0.717) is 32.1 Å². The van der Waals surface area contributed by atoms with E-state index in [2.05, 4.69) is 17.6 Å². The number of aliphatic hydroxyl groups excluding tert-OH is 1. The van der Waals surface area contributed by atoms with Gasteiger partial charge in [-0.05, 0) is 19.4 Å². The fourth-order valence-corrected chi connectivity index (χ4v) is 1.33. The Bertz CT molecular complexity index is 165. The third kappa shape index (κ3) is 8.35. The Morgan fingerprint density at radius 3 is 2.73 bits per heavy atom. The molecule has 0 aromatic heterocycles. The first-order valence-corrected chi connectivity index (χ1v) is 5.55. The second-order valence-electron chi connectivity index (χ2n) is 3.46. The van der Waals surface area contributed by atoms with Crippen LogP contribution < -0.4 is 16.4 Å². The van der Waals surface area contributed by atoms with E-state index in [1.807, 2.05) is 0 Å². The predicted molar refractivity (Wildman–Crippen MR) is 60.5 cm³/mol. The lowest BCUT2D eigenvalue weighted by molar-refractivity contribution is -0.121. The van der Waals surface area contributed by atoms with Crippen LogP contribution in [0.4, 0.5) is 0 Å². The van der Waals surface area contributed by atoms with Crippen molar-refractivity contribution in [2.24, 2.45) is 5.73 Å². The van der Waals surface area contributed by atoms with Gasteiger partial charge in [-0.2, -0.15) is 0 Å². The molecule has 1 amide bonds. The van der Waals surface area contributed by atoms with Crippen LogP contribution in [0.15, 0.2) is 0 Å². The molecular weight excluding hydrogens is 194 g/mol. The molecule has 0 radical (unpaired) electrons. The molecule has 5 N–H and O–H groups in total. The molecule has 0 bridgehead atoms. The van der Waals surface area contributed by atoms with Crippen molar-refractivity contribution in [3.8, 4) is 0 Å². The van der Waals surface area contributed by atoms with Crippen LogP contribution in [0.25, 0.3) is 0 Å². The van der Waals surface area contributed by atoms with Crippen molar-refractivity contribution in [2.45, 2.75) is 32.2 Å². The van der Waals surface area contributed by atoms with Crippen molar-refractivity contribution in [1.82, 2.24) is 10.6 Å². The van der Waals surface area contributed by atoms with Crippen LogP contribution in [0.1, 0.15) is 26.2 Å². The summed E-state index contributed by atoms with van der Waals surface area (Å²) in [5.74, 6) is -0.0286. The third-order valence-electron chi connectivity index (χ3n) is 2.23. The van der Waals surface area contributed by atoms with Gasteiger partial charge in [-0.3, -0.25) is 4.79 Å². The average Bonchev–Trinajstić information content (AvgIpc) is 2.25. The third-order valence-corrected chi connectivity index (χ3v) is 2.23. The fourth-order valence-electron chi connectivity index (χ4n) is 1.33. The van der Waals surface area contributed by atoms with Crippen molar-refractivity contribution in [2.75, 3.05) is 26.2 Å². The standard InChI is InChI=1S/C10H23N3O2/c1-2-9(3-5-11)12-6-4-10(15)13-7-8-14/h9,12,14H,2-8,11H2,1H3,(H,13,15). The van der Waals surface area contributed by atoms with Gasteiger partial charge in [0.15, 0.2) is 0 Å². The summed E-state index contributed by atoms with van der Waals surface area (Å²) in [5, 5.41) is 14.4. The van der Waals surface area contributed by atoms with E-state index in [4.69, 9.17) is 10.8 Å². The number of nitrogens with two attached hydrogens (primary N) is 1. The highest BCUT2D eigenvalue weighted by Gasteiger charge is 2.05. The predicted octanol–water partition coefficient (Wildman–Crippen LogP) is -0.798. The minimum Gasteiger partial charge on any atom is -0.395 e. The maximum atomic E-state index is 11.1. The second kappa shape index (κ2) is 9.89. The molecule has 0 aliphatic heterocycles. The van der Waals surface area contributed by atoms with Crippen molar-refractivity contribution >= 4 is 5.91 Å². The lowest BCUT2D eigenvalue weighted by Gasteiger charge is -2.15. The first kappa shape index (κ1) is 14.3. The summed E-state index contributed by atoms with van der Waals surface area (Å²) in [6.45, 7) is 3.75. The smallest absolute Gasteiger partial charge is 0.221 e. The van der Waals surface area contributed by atoms with Crippen molar-refractivity contribution < 1.29 is 9.90 Å². The molecule has 1 atom stereocenters. The van der Waals surface area contributed by atoms with Gasteiger partial charge in [0.05, 0.1) is 6.61 Å². The molecule has 5 heteroatoms. The highest BCUT2D eigenvalue weighted by atomic mass is 16.3. The van der Waals surface area contributed by atoms with E-state index >= 15 is 0 Å². The van der Waals surface area contributed by atoms with Gasteiger partial charge >= 0.3 is 0 Å². The lowest BCUT2D eigenvalue weighted by atomic mass is 10.1. The molecule has 0 aromatic rings. The van der Waals surface area contributed by atoms with Crippen LogP contribution in [-0.2, 0) is 4.79 Å². The summed E-state index contributed by atoms with van der Waals surface area (Å²) in [4.78, 5) is 11.1. The Kier molecular flexibility index (Phi) is 9.46. The molecule has 1 unspecified atom stereocenters. The van der Waals surface area contributed by atoms with E-state index in [-0.39, 0.29) is 12.5 Å². The zero-order valence-electron chi connectivity index (χ0n) is 9.46. The van der Waals surface area contributed by atoms with Gasteiger partial charge < -0.3 is 21.5 Å². The first-order chi connectivity index (χ1) is 7.24. The number of hydrogen-bond acceptors (Lipinski definition) is 4. The normalized spacial score (nSPS) is 12.5. The highest BCUT2D eigenvalue weighted by molar-refractivity contribution is 5.75. The summed E-state index contributed by atoms with van der Waals surface area (Å²) in [5.41, 5.74) is 5.46. The molecule has 0 fully saturated rings. The molecule has 0 saturated heterocycles. The molecule has 0 spiro atoms. The summed E-state index contributed by atoms with van der Waals surface area (Å²) < 4.78 is 0. The van der Waals surface area contributed by atoms with Crippen LogP contribution in [0.3, 0.4) is 0 Å². The summed E-state index contributed by atoms with van der Waals surface area (Å²) >= 11 is 0. The molecule has 90 valence electrons. The van der Waals surface area contributed by atoms with Gasteiger partial charge in [0.1, 0.15) is 0 Å². The minimum absolute atomic E-state index is 0.00999. The van der Waals surface area contributed by atoms with Crippen LogP contribution in [0.2, 0.25) is 0 Å². The number of hydrogen-bond donors (Lipinski definition) is 4. The van der Waals surface area contributed by atoms with E-state index in [0.717, 1.165) is 12.8 Å². The van der Waals surface area contributed by atoms with E-state index in [1.54, 1.807) is 0 Å². The van der Waals surface area contributed by atoms with Gasteiger partial charge in [0.2, 0.25) is 5.91 Å². The van der Waals surface area contributed by atoms with Gasteiger partial charge in [-0.1, -0.05) is 6.92 Å². The molecule has 0 saturated carbocycles. The number of nitrogens with one attached hydrogen (secondary N) is 2. The fraction of sp³-hybridized carbons (Fsp3) is 0.900. The van der Waals surface area contributed by atoms with Gasteiger partial charge in [-0.25, -0.2) is 0 Å². The number of rotatable bonds is 9. The number of carbonyl (C=O) groups is 1. The topological polar surface area (TPSA) is 87.4 Å². The summed E-state index contributed by atoms with van der Waals surface area (Å²) in [7, 11) is 0. The van der Waals surface area contributed by atoms with Crippen LogP contribution in [-0.4, -0.2) is 43.3 Å². The SMILES string of the molecule is CCC(CCN)NCCC(=O)NCCO. The van der Waals surface area contributed by atoms with E-state index in [1.165, 1.54) is 0 Å². The number of carbonyl (C=O) groups excluding carboxylic acids is 1. The van der Waals surface area contributed by atoms with Crippen molar-refractivity contribution in [3.05, 3.63) is 0 Å². The summed E-state index contributed by atoms with van der Waals surface area (Å²) in [6.07, 6.45) is 2.41. The molecule has 0 aromatic carbocycles. The molecule has 0 rings (SSSR count). The molecular formula is C10H23N3O2. The Hall–Kier alpha value is -0.650. The first-order valence-electron chi connectivity index (χ1n) is 5.55. The molecule has 0 aliphatic carbocycles. The zero-order chi connectivity index (χ0) is 11.5. The Labute approximate surface area is 91.4 Å².